The molecule has 0 fully saturated rings. The number of carboxylic acids is 1. The van der Waals surface area contributed by atoms with Crippen LogP contribution in [-0.4, -0.2) is 31.3 Å². The van der Waals surface area contributed by atoms with Crippen molar-refractivity contribution in [3.8, 4) is 5.75 Å². The maximum atomic E-state index is 11.1. The monoisotopic (exact) mass is 265 g/mol. The number of ether oxygens (including phenoxy) is 1. The van der Waals surface area contributed by atoms with E-state index in [9.17, 15) is 4.79 Å². The quantitative estimate of drug-likeness (QED) is 0.859. The molecule has 0 heterocycles. The number of hydrogen-bond donors (Lipinski definition) is 1. The molecule has 1 N–H and O–H groups in total. The van der Waals surface area contributed by atoms with E-state index < -0.39 is 11.4 Å². The van der Waals surface area contributed by atoms with Crippen molar-refractivity contribution in [2.45, 2.75) is 27.7 Å². The van der Waals surface area contributed by atoms with Gasteiger partial charge in [-0.15, -0.1) is 0 Å². The summed E-state index contributed by atoms with van der Waals surface area (Å²) in [6, 6.07) is 5.90. The minimum Gasteiger partial charge on any atom is -0.494 e. The van der Waals surface area contributed by atoms with Crippen molar-refractivity contribution in [1.29, 1.82) is 0 Å². The van der Waals surface area contributed by atoms with Gasteiger partial charge in [0.2, 0.25) is 0 Å². The Balaban J connectivity index is 2.86. The van der Waals surface area contributed by atoms with E-state index >= 15 is 0 Å². The lowest BCUT2D eigenvalue weighted by atomic mass is 9.93. The molecule has 0 bridgehead atoms. The molecular weight excluding hydrogens is 242 g/mol. The highest BCUT2D eigenvalue weighted by Gasteiger charge is 2.28. The summed E-state index contributed by atoms with van der Waals surface area (Å²) in [5, 5.41) is 9.16. The van der Waals surface area contributed by atoms with Crippen LogP contribution in [0.5, 0.6) is 5.75 Å². The van der Waals surface area contributed by atoms with Crippen LogP contribution in [0.2, 0.25) is 0 Å². The van der Waals surface area contributed by atoms with Gasteiger partial charge in [-0.3, -0.25) is 4.79 Å². The molecule has 0 atom stereocenters. The van der Waals surface area contributed by atoms with Gasteiger partial charge in [-0.2, -0.15) is 0 Å². The molecule has 4 nitrogen and oxygen atoms in total. The van der Waals surface area contributed by atoms with Crippen LogP contribution in [0.4, 0.5) is 5.69 Å². The van der Waals surface area contributed by atoms with Crippen LogP contribution in [0.1, 0.15) is 26.3 Å². The molecule has 0 unspecified atom stereocenters. The molecule has 106 valence electrons. The van der Waals surface area contributed by atoms with Crippen molar-refractivity contribution < 1.29 is 14.6 Å². The molecule has 0 saturated carbocycles. The first kappa shape index (κ1) is 15.3. The normalized spacial score (nSPS) is 11.2. The van der Waals surface area contributed by atoms with Crippen LogP contribution in [0, 0.1) is 12.3 Å². The Morgan fingerprint density at radius 2 is 2.05 bits per heavy atom. The topological polar surface area (TPSA) is 49.8 Å². The van der Waals surface area contributed by atoms with Gasteiger partial charge < -0.3 is 14.7 Å². The predicted molar refractivity (Wildman–Crippen MR) is 77.0 cm³/mol. The number of aliphatic carboxylic acids is 1. The average molecular weight is 265 g/mol. The first-order valence-electron chi connectivity index (χ1n) is 6.46. The standard InChI is InChI=1S/C15H23NO3/c1-6-19-13-8-7-12(9-11(13)2)16(5)10-15(3,4)14(17)18/h7-9H,6,10H2,1-5H3,(H,17,18). The zero-order chi connectivity index (χ0) is 14.6. The van der Waals surface area contributed by atoms with E-state index in [1.54, 1.807) is 13.8 Å². The molecule has 1 aromatic rings. The van der Waals surface area contributed by atoms with E-state index in [4.69, 9.17) is 9.84 Å². The van der Waals surface area contributed by atoms with E-state index in [-0.39, 0.29) is 0 Å². The third-order valence-electron chi connectivity index (χ3n) is 3.11. The highest BCUT2D eigenvalue weighted by atomic mass is 16.5. The molecule has 0 saturated heterocycles. The summed E-state index contributed by atoms with van der Waals surface area (Å²) < 4.78 is 5.50. The second kappa shape index (κ2) is 5.95. The number of aryl methyl sites for hydroxylation is 1. The van der Waals surface area contributed by atoms with Gasteiger partial charge in [0.25, 0.3) is 0 Å². The summed E-state index contributed by atoms with van der Waals surface area (Å²) in [6.45, 7) is 8.50. The van der Waals surface area contributed by atoms with Crippen LogP contribution >= 0.6 is 0 Å². The number of anilines is 1. The Labute approximate surface area is 115 Å². The summed E-state index contributed by atoms with van der Waals surface area (Å²) in [4.78, 5) is 13.1. The Hall–Kier alpha value is -1.71. The number of nitrogens with zero attached hydrogens (tertiary/aromatic N) is 1. The minimum atomic E-state index is -0.790. The second-order valence-corrected chi connectivity index (χ2v) is 5.43. The molecule has 1 rings (SSSR count). The third-order valence-corrected chi connectivity index (χ3v) is 3.11. The molecule has 0 spiro atoms. The van der Waals surface area contributed by atoms with E-state index in [0.29, 0.717) is 13.2 Å². The van der Waals surface area contributed by atoms with Crippen molar-refractivity contribution in [2.75, 3.05) is 25.1 Å². The molecular formula is C15H23NO3. The molecule has 0 aromatic heterocycles. The number of rotatable bonds is 6. The summed E-state index contributed by atoms with van der Waals surface area (Å²) in [7, 11) is 1.90. The summed E-state index contributed by atoms with van der Waals surface area (Å²) in [5.41, 5.74) is 1.27. The third kappa shape index (κ3) is 3.88. The average Bonchev–Trinajstić information content (AvgIpc) is 2.31. The Kier molecular flexibility index (Phi) is 4.81. The zero-order valence-corrected chi connectivity index (χ0v) is 12.4. The number of hydrogen-bond acceptors (Lipinski definition) is 3. The fourth-order valence-electron chi connectivity index (χ4n) is 1.94. The predicted octanol–water partition coefficient (Wildman–Crippen LogP) is 2.94. The Morgan fingerprint density at radius 3 is 2.53 bits per heavy atom. The van der Waals surface area contributed by atoms with E-state index in [0.717, 1.165) is 17.0 Å². The number of benzene rings is 1. The van der Waals surface area contributed by atoms with Crippen molar-refractivity contribution >= 4 is 11.7 Å². The zero-order valence-electron chi connectivity index (χ0n) is 12.4. The molecule has 0 aliphatic heterocycles. The van der Waals surface area contributed by atoms with Crippen LogP contribution in [-0.2, 0) is 4.79 Å². The minimum absolute atomic E-state index is 0.454. The molecule has 0 amide bonds. The highest BCUT2D eigenvalue weighted by Crippen LogP contribution is 2.26. The van der Waals surface area contributed by atoms with Gasteiger partial charge in [-0.05, 0) is 51.5 Å². The fourth-order valence-corrected chi connectivity index (χ4v) is 1.94. The van der Waals surface area contributed by atoms with Crippen molar-refractivity contribution in [1.82, 2.24) is 0 Å². The Bertz CT molecular complexity index is 455. The lowest BCUT2D eigenvalue weighted by Crippen LogP contribution is -2.37. The largest absolute Gasteiger partial charge is 0.494 e. The van der Waals surface area contributed by atoms with Crippen LogP contribution < -0.4 is 9.64 Å². The molecule has 4 heteroatoms. The molecule has 0 aliphatic rings. The van der Waals surface area contributed by atoms with Crippen LogP contribution in [0.25, 0.3) is 0 Å². The highest BCUT2D eigenvalue weighted by molar-refractivity contribution is 5.74. The molecule has 0 aliphatic carbocycles. The van der Waals surface area contributed by atoms with Gasteiger partial charge in [0.15, 0.2) is 0 Å². The van der Waals surface area contributed by atoms with Crippen molar-refractivity contribution in [3.63, 3.8) is 0 Å². The number of carboxylic acid groups (broad SMARTS) is 1. The van der Waals surface area contributed by atoms with Crippen molar-refractivity contribution in [3.05, 3.63) is 23.8 Å². The van der Waals surface area contributed by atoms with Gasteiger partial charge in [0, 0.05) is 19.3 Å². The lowest BCUT2D eigenvalue weighted by molar-refractivity contribution is -0.146. The fraction of sp³-hybridized carbons (Fsp3) is 0.533. The SMILES string of the molecule is CCOc1ccc(N(C)CC(C)(C)C(=O)O)cc1C. The maximum absolute atomic E-state index is 11.1. The summed E-state index contributed by atoms with van der Waals surface area (Å²) >= 11 is 0. The summed E-state index contributed by atoms with van der Waals surface area (Å²) in [6.07, 6.45) is 0. The smallest absolute Gasteiger partial charge is 0.310 e. The van der Waals surface area contributed by atoms with Gasteiger partial charge in [0.1, 0.15) is 5.75 Å². The van der Waals surface area contributed by atoms with Gasteiger partial charge in [-0.1, -0.05) is 0 Å². The Morgan fingerprint density at radius 1 is 1.42 bits per heavy atom. The van der Waals surface area contributed by atoms with E-state index in [1.165, 1.54) is 0 Å². The van der Waals surface area contributed by atoms with Gasteiger partial charge in [0.05, 0.1) is 12.0 Å². The van der Waals surface area contributed by atoms with Crippen LogP contribution in [0.15, 0.2) is 18.2 Å². The molecule has 1 aromatic carbocycles. The maximum Gasteiger partial charge on any atom is 0.310 e. The second-order valence-electron chi connectivity index (χ2n) is 5.43. The van der Waals surface area contributed by atoms with Crippen molar-refractivity contribution in [2.24, 2.45) is 5.41 Å². The van der Waals surface area contributed by atoms with E-state index in [2.05, 4.69) is 0 Å². The lowest BCUT2D eigenvalue weighted by Gasteiger charge is -2.28. The number of carbonyl (C=O) groups is 1. The van der Waals surface area contributed by atoms with Gasteiger partial charge >= 0.3 is 5.97 Å². The molecule has 0 radical (unpaired) electrons. The molecule has 19 heavy (non-hydrogen) atoms. The van der Waals surface area contributed by atoms with E-state index in [1.807, 2.05) is 44.0 Å². The first-order chi connectivity index (χ1) is 8.77. The summed E-state index contributed by atoms with van der Waals surface area (Å²) in [5.74, 6) is 0.0825. The van der Waals surface area contributed by atoms with Crippen LogP contribution in [0.3, 0.4) is 0 Å². The van der Waals surface area contributed by atoms with Gasteiger partial charge in [-0.25, -0.2) is 0 Å². The first-order valence-corrected chi connectivity index (χ1v) is 6.46.